The molecule has 1 amide bonds. The summed E-state index contributed by atoms with van der Waals surface area (Å²) in [6.07, 6.45) is 5.01. The van der Waals surface area contributed by atoms with Crippen LogP contribution >= 0.6 is 0 Å². The number of carbonyl (C=O) groups excluding carboxylic acids is 1. The summed E-state index contributed by atoms with van der Waals surface area (Å²) >= 11 is 0. The Kier molecular flexibility index (Phi) is 4.91. The highest BCUT2D eigenvalue weighted by molar-refractivity contribution is 5.78. The molecule has 0 saturated carbocycles. The second kappa shape index (κ2) is 6.87. The lowest BCUT2D eigenvalue weighted by molar-refractivity contribution is -0.131. The summed E-state index contributed by atoms with van der Waals surface area (Å²) in [7, 11) is 0. The average molecular weight is 280 g/mol. The van der Waals surface area contributed by atoms with Crippen LogP contribution < -0.4 is 5.32 Å². The molecule has 5 heteroatoms. The van der Waals surface area contributed by atoms with Gasteiger partial charge >= 0.3 is 0 Å². The number of likely N-dealkylation sites (tertiary alicyclic amines) is 2. The summed E-state index contributed by atoms with van der Waals surface area (Å²) in [5.74, 6) is 0.341. The lowest BCUT2D eigenvalue weighted by Crippen LogP contribution is -2.42. The maximum Gasteiger partial charge on any atom is 0.236 e. The molecule has 1 unspecified atom stereocenters. The molecular weight excluding hydrogens is 252 g/mol. The van der Waals surface area contributed by atoms with Crippen molar-refractivity contribution in [3.8, 4) is 0 Å². The molecule has 0 radical (unpaired) electrons. The zero-order valence-electron chi connectivity index (χ0n) is 12.5. The zero-order chi connectivity index (χ0) is 13.8. The Morgan fingerprint density at radius 2 is 1.85 bits per heavy atom. The summed E-state index contributed by atoms with van der Waals surface area (Å²) in [5, 5.41) is 3.39. The minimum Gasteiger partial charge on any atom is -0.340 e. The molecule has 20 heavy (non-hydrogen) atoms. The van der Waals surface area contributed by atoms with Gasteiger partial charge in [0.1, 0.15) is 0 Å². The van der Waals surface area contributed by atoms with E-state index >= 15 is 0 Å². The minimum atomic E-state index is 0.341. The molecule has 3 aliphatic rings. The Morgan fingerprint density at radius 1 is 1.00 bits per heavy atom. The van der Waals surface area contributed by atoms with Crippen LogP contribution in [-0.4, -0.2) is 85.6 Å². The number of carbonyl (C=O) groups is 1. The Balaban J connectivity index is 1.45. The van der Waals surface area contributed by atoms with Gasteiger partial charge in [0.05, 0.1) is 6.54 Å². The third kappa shape index (κ3) is 3.51. The topological polar surface area (TPSA) is 38.8 Å². The molecule has 0 aromatic carbocycles. The van der Waals surface area contributed by atoms with Crippen LogP contribution in [0.2, 0.25) is 0 Å². The van der Waals surface area contributed by atoms with Gasteiger partial charge in [0, 0.05) is 32.2 Å². The molecule has 0 bridgehead atoms. The van der Waals surface area contributed by atoms with Crippen LogP contribution in [0, 0.1) is 0 Å². The van der Waals surface area contributed by atoms with Crippen molar-refractivity contribution < 1.29 is 4.79 Å². The number of hydrogen-bond acceptors (Lipinski definition) is 4. The van der Waals surface area contributed by atoms with E-state index in [0.29, 0.717) is 18.5 Å². The number of rotatable bonds is 3. The number of nitrogens with one attached hydrogen (secondary N) is 1. The third-order valence-corrected chi connectivity index (χ3v) is 4.96. The summed E-state index contributed by atoms with van der Waals surface area (Å²) in [4.78, 5) is 19.4. The van der Waals surface area contributed by atoms with Crippen molar-refractivity contribution in [2.75, 3.05) is 58.9 Å². The molecule has 3 heterocycles. The van der Waals surface area contributed by atoms with Crippen LogP contribution in [0.4, 0.5) is 0 Å². The van der Waals surface area contributed by atoms with Crippen molar-refractivity contribution in [3.63, 3.8) is 0 Å². The van der Waals surface area contributed by atoms with Crippen LogP contribution in [0.5, 0.6) is 0 Å². The Morgan fingerprint density at radius 3 is 2.70 bits per heavy atom. The van der Waals surface area contributed by atoms with E-state index in [2.05, 4.69) is 20.0 Å². The molecule has 3 rings (SSSR count). The van der Waals surface area contributed by atoms with Crippen LogP contribution in [0.15, 0.2) is 0 Å². The van der Waals surface area contributed by atoms with E-state index in [9.17, 15) is 4.79 Å². The van der Waals surface area contributed by atoms with Crippen molar-refractivity contribution in [2.45, 2.75) is 31.7 Å². The summed E-state index contributed by atoms with van der Waals surface area (Å²) in [6.45, 7) is 9.20. The fourth-order valence-electron chi connectivity index (χ4n) is 3.72. The standard InChI is InChI=1S/C15H28N4O/c20-15(13-17-7-3-5-16-6-11-17)19-10-4-14(12-19)18-8-1-2-9-18/h14,16H,1-13H2. The fourth-order valence-corrected chi connectivity index (χ4v) is 3.72. The second-order valence-electron chi connectivity index (χ2n) is 6.41. The van der Waals surface area contributed by atoms with Gasteiger partial charge in [-0.25, -0.2) is 0 Å². The quantitative estimate of drug-likeness (QED) is 0.788. The van der Waals surface area contributed by atoms with Crippen molar-refractivity contribution in [3.05, 3.63) is 0 Å². The molecule has 3 aliphatic heterocycles. The Hall–Kier alpha value is -0.650. The zero-order valence-corrected chi connectivity index (χ0v) is 12.5. The van der Waals surface area contributed by atoms with Crippen LogP contribution in [0.3, 0.4) is 0 Å². The number of nitrogens with zero attached hydrogens (tertiary/aromatic N) is 3. The largest absolute Gasteiger partial charge is 0.340 e. The van der Waals surface area contributed by atoms with E-state index in [4.69, 9.17) is 0 Å². The van der Waals surface area contributed by atoms with Gasteiger partial charge in [0.25, 0.3) is 0 Å². The molecule has 1 atom stereocenters. The van der Waals surface area contributed by atoms with Gasteiger partial charge in [0.15, 0.2) is 0 Å². The van der Waals surface area contributed by atoms with Crippen LogP contribution in [0.25, 0.3) is 0 Å². The van der Waals surface area contributed by atoms with E-state index in [0.717, 1.165) is 45.7 Å². The lowest BCUT2D eigenvalue weighted by Gasteiger charge is -2.25. The number of hydrogen-bond donors (Lipinski definition) is 1. The molecular formula is C15H28N4O. The Bertz CT molecular complexity index is 322. The van der Waals surface area contributed by atoms with Gasteiger partial charge in [-0.1, -0.05) is 0 Å². The molecule has 0 aliphatic carbocycles. The molecule has 114 valence electrons. The highest BCUT2D eigenvalue weighted by atomic mass is 16.2. The summed E-state index contributed by atoms with van der Waals surface area (Å²) in [5.41, 5.74) is 0. The van der Waals surface area contributed by atoms with E-state index < -0.39 is 0 Å². The normalized spacial score (nSPS) is 29.8. The first-order valence-electron chi connectivity index (χ1n) is 8.28. The summed E-state index contributed by atoms with van der Waals surface area (Å²) < 4.78 is 0. The van der Waals surface area contributed by atoms with Gasteiger partial charge in [-0.2, -0.15) is 0 Å². The second-order valence-corrected chi connectivity index (χ2v) is 6.41. The predicted octanol–water partition coefficient (Wildman–Crippen LogP) is -0.0216. The fraction of sp³-hybridized carbons (Fsp3) is 0.933. The number of amides is 1. The van der Waals surface area contributed by atoms with E-state index in [-0.39, 0.29) is 0 Å². The smallest absolute Gasteiger partial charge is 0.236 e. The molecule has 1 N–H and O–H groups in total. The maximum absolute atomic E-state index is 12.4. The van der Waals surface area contributed by atoms with Crippen molar-refractivity contribution >= 4 is 5.91 Å². The first kappa shape index (κ1) is 14.3. The van der Waals surface area contributed by atoms with Gasteiger partial charge < -0.3 is 10.2 Å². The Labute approximate surface area is 122 Å². The van der Waals surface area contributed by atoms with Crippen molar-refractivity contribution in [2.24, 2.45) is 0 Å². The molecule has 3 fully saturated rings. The molecule has 3 saturated heterocycles. The average Bonchev–Trinajstić information content (AvgIpc) is 3.07. The first-order valence-corrected chi connectivity index (χ1v) is 8.28. The van der Waals surface area contributed by atoms with Crippen LogP contribution in [-0.2, 0) is 4.79 Å². The maximum atomic E-state index is 12.4. The first-order chi connectivity index (χ1) is 9.83. The highest BCUT2D eigenvalue weighted by Crippen LogP contribution is 2.20. The minimum absolute atomic E-state index is 0.341. The van der Waals surface area contributed by atoms with Crippen molar-refractivity contribution in [1.29, 1.82) is 0 Å². The van der Waals surface area contributed by atoms with E-state index in [1.165, 1.54) is 32.4 Å². The molecule has 0 aromatic heterocycles. The van der Waals surface area contributed by atoms with Gasteiger partial charge in [-0.15, -0.1) is 0 Å². The monoisotopic (exact) mass is 280 g/mol. The van der Waals surface area contributed by atoms with Crippen LogP contribution in [0.1, 0.15) is 25.7 Å². The highest BCUT2D eigenvalue weighted by Gasteiger charge is 2.31. The summed E-state index contributed by atoms with van der Waals surface area (Å²) in [6, 6.07) is 0.632. The molecule has 0 aromatic rings. The van der Waals surface area contributed by atoms with Gasteiger partial charge in [0.2, 0.25) is 5.91 Å². The van der Waals surface area contributed by atoms with E-state index in [1.54, 1.807) is 0 Å². The molecule has 5 nitrogen and oxygen atoms in total. The van der Waals surface area contributed by atoms with Crippen molar-refractivity contribution in [1.82, 2.24) is 20.0 Å². The lowest BCUT2D eigenvalue weighted by atomic mass is 10.2. The van der Waals surface area contributed by atoms with E-state index in [1.807, 2.05) is 0 Å². The van der Waals surface area contributed by atoms with Gasteiger partial charge in [-0.05, 0) is 51.9 Å². The predicted molar refractivity (Wildman–Crippen MR) is 79.7 cm³/mol. The SMILES string of the molecule is O=C(CN1CCCNCC1)N1CCC(N2CCCC2)C1. The third-order valence-electron chi connectivity index (χ3n) is 4.96. The molecule has 0 spiro atoms. The van der Waals surface area contributed by atoms with Gasteiger partial charge in [-0.3, -0.25) is 14.6 Å².